The Morgan fingerprint density at radius 3 is 2.67 bits per heavy atom. The molecule has 0 atom stereocenters. The van der Waals surface area contributed by atoms with Crippen LogP contribution in [0.3, 0.4) is 0 Å². The van der Waals surface area contributed by atoms with Gasteiger partial charge in [0.25, 0.3) is 0 Å². The second-order valence-corrected chi connectivity index (χ2v) is 4.82. The molecule has 0 unspecified atom stereocenters. The first kappa shape index (κ1) is 12.9. The minimum atomic E-state index is 0.0164. The maximum Gasteiger partial charge on any atom is 0.223 e. The normalized spacial score (nSPS) is 18.3. The molecule has 1 aromatic rings. The van der Waals surface area contributed by atoms with Crippen LogP contribution in [0.1, 0.15) is 26.7 Å². The van der Waals surface area contributed by atoms with Gasteiger partial charge in [-0.2, -0.15) is 9.97 Å². The standard InChI is InChI=1S/C12H21N5O/c1-3-14-9-8-10(16-11(13)15-9)17-12(2)4-6-18-7-5-12/h8H,3-7H2,1-2H3,(H4,13,14,15,16,17). The van der Waals surface area contributed by atoms with Crippen molar-refractivity contribution in [2.24, 2.45) is 0 Å². The number of ether oxygens (including phenoxy) is 1. The molecule has 18 heavy (non-hydrogen) atoms. The van der Waals surface area contributed by atoms with Crippen LogP contribution in [0.25, 0.3) is 0 Å². The van der Waals surface area contributed by atoms with E-state index in [-0.39, 0.29) is 11.5 Å². The third-order valence-corrected chi connectivity index (χ3v) is 3.13. The highest BCUT2D eigenvalue weighted by Crippen LogP contribution is 2.25. The Bertz CT molecular complexity index is 403. The van der Waals surface area contributed by atoms with E-state index in [2.05, 4.69) is 27.5 Å². The Labute approximate surface area is 107 Å². The molecule has 0 bridgehead atoms. The number of nitrogens with one attached hydrogen (secondary N) is 2. The van der Waals surface area contributed by atoms with E-state index in [1.165, 1.54) is 0 Å². The third kappa shape index (κ3) is 3.22. The van der Waals surface area contributed by atoms with Gasteiger partial charge in [-0.15, -0.1) is 0 Å². The fraction of sp³-hybridized carbons (Fsp3) is 0.667. The molecule has 0 saturated carbocycles. The molecule has 0 aromatic carbocycles. The Hall–Kier alpha value is -1.56. The summed E-state index contributed by atoms with van der Waals surface area (Å²) in [4.78, 5) is 8.36. The lowest BCUT2D eigenvalue weighted by Gasteiger charge is -2.35. The molecular formula is C12H21N5O. The van der Waals surface area contributed by atoms with Gasteiger partial charge in [-0.1, -0.05) is 0 Å². The Kier molecular flexibility index (Phi) is 3.86. The van der Waals surface area contributed by atoms with Crippen molar-refractivity contribution in [1.29, 1.82) is 0 Å². The molecule has 100 valence electrons. The minimum absolute atomic E-state index is 0.0164. The van der Waals surface area contributed by atoms with Gasteiger partial charge in [-0.3, -0.25) is 0 Å². The van der Waals surface area contributed by atoms with Gasteiger partial charge >= 0.3 is 0 Å². The molecular weight excluding hydrogens is 230 g/mol. The Morgan fingerprint density at radius 1 is 1.33 bits per heavy atom. The number of rotatable bonds is 4. The SMILES string of the molecule is CCNc1cc(NC2(C)CCOCC2)nc(N)n1. The van der Waals surface area contributed by atoms with Crippen LogP contribution in [-0.4, -0.2) is 35.3 Å². The monoisotopic (exact) mass is 251 g/mol. The zero-order valence-corrected chi connectivity index (χ0v) is 11.0. The summed E-state index contributed by atoms with van der Waals surface area (Å²) in [5.41, 5.74) is 5.73. The van der Waals surface area contributed by atoms with Crippen LogP contribution in [0.15, 0.2) is 6.07 Å². The first-order valence-corrected chi connectivity index (χ1v) is 6.36. The molecule has 2 rings (SSSR count). The minimum Gasteiger partial charge on any atom is -0.381 e. The van der Waals surface area contributed by atoms with Crippen molar-refractivity contribution < 1.29 is 4.74 Å². The van der Waals surface area contributed by atoms with Gasteiger partial charge in [0.2, 0.25) is 5.95 Å². The van der Waals surface area contributed by atoms with Gasteiger partial charge in [-0.05, 0) is 26.7 Å². The lowest BCUT2D eigenvalue weighted by atomic mass is 9.92. The number of nitrogens with zero attached hydrogens (tertiary/aromatic N) is 2. The Balaban J connectivity index is 2.12. The summed E-state index contributed by atoms with van der Waals surface area (Å²) in [6.07, 6.45) is 1.93. The van der Waals surface area contributed by atoms with Crippen molar-refractivity contribution in [3.05, 3.63) is 6.07 Å². The molecule has 4 N–H and O–H groups in total. The summed E-state index contributed by atoms with van der Waals surface area (Å²) in [6, 6.07) is 1.89. The second-order valence-electron chi connectivity index (χ2n) is 4.82. The highest BCUT2D eigenvalue weighted by atomic mass is 16.5. The van der Waals surface area contributed by atoms with Crippen LogP contribution in [0.2, 0.25) is 0 Å². The number of hydrogen-bond acceptors (Lipinski definition) is 6. The van der Waals surface area contributed by atoms with Gasteiger partial charge in [-0.25, -0.2) is 0 Å². The average Bonchev–Trinajstić information content (AvgIpc) is 2.28. The second kappa shape index (κ2) is 5.39. The van der Waals surface area contributed by atoms with Crippen LogP contribution in [0, 0.1) is 0 Å². The highest BCUT2D eigenvalue weighted by Gasteiger charge is 2.27. The molecule has 0 radical (unpaired) electrons. The quantitative estimate of drug-likeness (QED) is 0.751. The maximum absolute atomic E-state index is 5.71. The Morgan fingerprint density at radius 2 is 2.00 bits per heavy atom. The molecule has 0 spiro atoms. The van der Waals surface area contributed by atoms with E-state index in [0.29, 0.717) is 0 Å². The zero-order valence-electron chi connectivity index (χ0n) is 11.0. The van der Waals surface area contributed by atoms with Crippen molar-refractivity contribution >= 4 is 17.6 Å². The first-order chi connectivity index (χ1) is 8.61. The van der Waals surface area contributed by atoms with Crippen molar-refractivity contribution in [2.45, 2.75) is 32.2 Å². The van der Waals surface area contributed by atoms with E-state index in [9.17, 15) is 0 Å². The predicted octanol–water partition coefficient (Wildman–Crippen LogP) is 1.47. The van der Waals surface area contributed by atoms with E-state index in [0.717, 1.165) is 44.2 Å². The van der Waals surface area contributed by atoms with Crippen LogP contribution >= 0.6 is 0 Å². The van der Waals surface area contributed by atoms with Crippen molar-refractivity contribution in [2.75, 3.05) is 36.1 Å². The van der Waals surface area contributed by atoms with Crippen LogP contribution in [0.5, 0.6) is 0 Å². The number of hydrogen-bond donors (Lipinski definition) is 3. The van der Waals surface area contributed by atoms with E-state index in [4.69, 9.17) is 10.5 Å². The summed E-state index contributed by atoms with van der Waals surface area (Å²) in [6.45, 7) is 6.57. The maximum atomic E-state index is 5.71. The summed E-state index contributed by atoms with van der Waals surface area (Å²) in [5.74, 6) is 1.80. The zero-order chi connectivity index (χ0) is 13.0. The topological polar surface area (TPSA) is 85.1 Å². The summed E-state index contributed by atoms with van der Waals surface area (Å²) in [5, 5.41) is 6.59. The molecule has 1 fully saturated rings. The fourth-order valence-electron chi connectivity index (χ4n) is 2.06. The number of aromatic nitrogens is 2. The van der Waals surface area contributed by atoms with Gasteiger partial charge < -0.3 is 21.1 Å². The molecule has 6 heteroatoms. The van der Waals surface area contributed by atoms with E-state index >= 15 is 0 Å². The lowest BCUT2D eigenvalue weighted by molar-refractivity contribution is 0.0657. The molecule has 1 saturated heterocycles. The van der Waals surface area contributed by atoms with Crippen LogP contribution < -0.4 is 16.4 Å². The summed E-state index contributed by atoms with van der Waals surface area (Å²) >= 11 is 0. The summed E-state index contributed by atoms with van der Waals surface area (Å²) < 4.78 is 5.38. The van der Waals surface area contributed by atoms with E-state index in [1.807, 2.05) is 13.0 Å². The molecule has 2 heterocycles. The van der Waals surface area contributed by atoms with Crippen molar-refractivity contribution in [1.82, 2.24) is 9.97 Å². The number of nitrogen functional groups attached to an aromatic ring is 1. The van der Waals surface area contributed by atoms with Crippen molar-refractivity contribution in [3.8, 4) is 0 Å². The van der Waals surface area contributed by atoms with E-state index < -0.39 is 0 Å². The summed E-state index contributed by atoms with van der Waals surface area (Å²) in [7, 11) is 0. The van der Waals surface area contributed by atoms with Gasteiger partial charge in [0.1, 0.15) is 11.6 Å². The first-order valence-electron chi connectivity index (χ1n) is 6.36. The molecule has 0 aliphatic carbocycles. The molecule has 1 aromatic heterocycles. The highest BCUT2D eigenvalue weighted by molar-refractivity contribution is 5.52. The van der Waals surface area contributed by atoms with Crippen LogP contribution in [-0.2, 0) is 4.74 Å². The molecule has 6 nitrogen and oxygen atoms in total. The number of anilines is 3. The average molecular weight is 251 g/mol. The smallest absolute Gasteiger partial charge is 0.223 e. The van der Waals surface area contributed by atoms with E-state index in [1.54, 1.807) is 0 Å². The predicted molar refractivity (Wildman–Crippen MR) is 72.7 cm³/mol. The molecule has 1 aliphatic heterocycles. The number of nitrogens with two attached hydrogens (primary N) is 1. The van der Waals surface area contributed by atoms with Gasteiger partial charge in [0, 0.05) is 31.4 Å². The molecule has 1 aliphatic rings. The van der Waals surface area contributed by atoms with Gasteiger partial charge in [0.15, 0.2) is 0 Å². The largest absolute Gasteiger partial charge is 0.381 e. The molecule has 0 amide bonds. The van der Waals surface area contributed by atoms with Gasteiger partial charge in [0.05, 0.1) is 0 Å². The van der Waals surface area contributed by atoms with Crippen molar-refractivity contribution in [3.63, 3.8) is 0 Å². The van der Waals surface area contributed by atoms with Crippen LogP contribution in [0.4, 0.5) is 17.6 Å². The fourth-order valence-corrected chi connectivity index (χ4v) is 2.06. The third-order valence-electron chi connectivity index (χ3n) is 3.13. The lowest BCUT2D eigenvalue weighted by Crippen LogP contribution is -2.40.